The van der Waals surface area contributed by atoms with Crippen molar-refractivity contribution in [2.45, 2.75) is 20.4 Å². The number of amides is 1. The van der Waals surface area contributed by atoms with Gasteiger partial charge in [0.25, 0.3) is 11.6 Å². The molecule has 26 heavy (non-hydrogen) atoms. The van der Waals surface area contributed by atoms with E-state index in [9.17, 15) is 14.9 Å². The summed E-state index contributed by atoms with van der Waals surface area (Å²) < 4.78 is 7.22. The number of hydrogen-bond donors (Lipinski definition) is 1. The Morgan fingerprint density at radius 1 is 1.31 bits per heavy atom. The normalized spacial score (nSPS) is 10.7. The molecule has 0 aliphatic rings. The molecule has 0 aliphatic heterocycles. The van der Waals surface area contributed by atoms with Crippen LogP contribution in [0.2, 0.25) is 5.02 Å². The summed E-state index contributed by atoms with van der Waals surface area (Å²) in [6.07, 6.45) is 0. The monoisotopic (exact) mass is 374 g/mol. The zero-order valence-electron chi connectivity index (χ0n) is 14.0. The molecule has 1 amide bonds. The summed E-state index contributed by atoms with van der Waals surface area (Å²) >= 11 is 6.12. The molecule has 0 spiro atoms. The first-order valence-corrected chi connectivity index (χ1v) is 8.07. The number of nitrogens with zero attached hydrogens (tertiary/aromatic N) is 3. The van der Waals surface area contributed by atoms with Crippen molar-refractivity contribution in [2.75, 3.05) is 5.32 Å². The van der Waals surface area contributed by atoms with E-state index in [1.807, 2.05) is 6.92 Å². The molecule has 0 atom stereocenters. The van der Waals surface area contributed by atoms with Crippen molar-refractivity contribution in [2.24, 2.45) is 0 Å². The molecular weight excluding hydrogens is 360 g/mol. The molecule has 0 radical (unpaired) electrons. The first-order chi connectivity index (χ1) is 12.4. The number of nitro benzene ring substituents is 1. The maximum atomic E-state index is 12.3. The van der Waals surface area contributed by atoms with Gasteiger partial charge in [-0.1, -0.05) is 23.7 Å². The number of nitro groups is 1. The van der Waals surface area contributed by atoms with Crippen LogP contribution in [0.5, 0.6) is 0 Å². The number of aromatic nitrogens is 2. The van der Waals surface area contributed by atoms with Crippen LogP contribution < -0.4 is 5.32 Å². The molecule has 0 saturated carbocycles. The Bertz CT molecular complexity index is 993. The minimum absolute atomic E-state index is 0.0470. The lowest BCUT2D eigenvalue weighted by molar-refractivity contribution is -0.383. The largest absolute Gasteiger partial charge is 0.454 e. The van der Waals surface area contributed by atoms with Crippen molar-refractivity contribution < 1.29 is 14.1 Å². The van der Waals surface area contributed by atoms with Crippen LogP contribution in [0, 0.1) is 24.0 Å². The number of carbonyl (C=O) groups is 1. The van der Waals surface area contributed by atoms with Gasteiger partial charge in [0.2, 0.25) is 0 Å². The molecular formula is C17H15ClN4O4. The number of para-hydroxylation sites is 2. The number of benzene rings is 1. The van der Waals surface area contributed by atoms with Gasteiger partial charge in [-0.05, 0) is 32.0 Å². The molecule has 8 nitrogen and oxygen atoms in total. The molecule has 2 aromatic heterocycles. The third-order valence-electron chi connectivity index (χ3n) is 3.83. The lowest BCUT2D eigenvalue weighted by Crippen LogP contribution is -2.12. The first-order valence-electron chi connectivity index (χ1n) is 7.70. The predicted molar refractivity (Wildman–Crippen MR) is 95.6 cm³/mol. The van der Waals surface area contributed by atoms with Gasteiger partial charge in [-0.3, -0.25) is 19.6 Å². The van der Waals surface area contributed by atoms with Crippen molar-refractivity contribution in [3.63, 3.8) is 0 Å². The molecule has 0 unspecified atom stereocenters. The number of nitrogens with one attached hydrogen (secondary N) is 1. The summed E-state index contributed by atoms with van der Waals surface area (Å²) in [5, 5.41) is 18.4. The summed E-state index contributed by atoms with van der Waals surface area (Å²) in [5.74, 6) is -0.0114. The van der Waals surface area contributed by atoms with Gasteiger partial charge in [0.1, 0.15) is 11.4 Å². The molecule has 0 saturated heterocycles. The van der Waals surface area contributed by atoms with E-state index in [4.69, 9.17) is 16.0 Å². The van der Waals surface area contributed by atoms with Crippen molar-refractivity contribution in [1.82, 2.24) is 9.78 Å². The fourth-order valence-electron chi connectivity index (χ4n) is 2.48. The van der Waals surface area contributed by atoms with Gasteiger partial charge in [-0.25, -0.2) is 0 Å². The van der Waals surface area contributed by atoms with E-state index >= 15 is 0 Å². The number of furan rings is 1. The number of carbonyl (C=O) groups excluding carboxylic acids is 1. The second-order valence-electron chi connectivity index (χ2n) is 5.64. The first kappa shape index (κ1) is 17.7. The number of hydrogen-bond acceptors (Lipinski definition) is 5. The van der Waals surface area contributed by atoms with E-state index in [2.05, 4.69) is 10.4 Å². The third-order valence-corrected chi connectivity index (χ3v) is 4.38. The second kappa shape index (κ2) is 7.01. The topological polar surface area (TPSA) is 103 Å². The SMILES string of the molecule is Cc1nn(Cc2ccc(C(=O)Nc3ccccc3[N+](=O)[O-])o2)c(C)c1Cl. The summed E-state index contributed by atoms with van der Waals surface area (Å²) in [5.41, 5.74) is 1.42. The third kappa shape index (κ3) is 3.45. The number of aryl methyl sites for hydroxylation is 1. The standard InChI is InChI=1S/C17H15ClN4O4/c1-10-16(18)11(2)21(20-10)9-12-7-8-15(26-12)17(23)19-13-5-3-4-6-14(13)22(24)25/h3-8H,9H2,1-2H3,(H,19,23). The van der Waals surface area contributed by atoms with E-state index in [1.165, 1.54) is 24.3 Å². The molecule has 3 aromatic rings. The van der Waals surface area contributed by atoms with Gasteiger partial charge in [0.05, 0.1) is 27.9 Å². The lowest BCUT2D eigenvalue weighted by Gasteiger charge is -2.04. The Balaban J connectivity index is 1.76. The van der Waals surface area contributed by atoms with Gasteiger partial charge in [0.15, 0.2) is 5.76 Å². The van der Waals surface area contributed by atoms with Crippen LogP contribution in [-0.2, 0) is 6.54 Å². The number of halogens is 1. The summed E-state index contributed by atoms with van der Waals surface area (Å²) in [6, 6.07) is 9.06. The molecule has 2 heterocycles. The lowest BCUT2D eigenvalue weighted by atomic mass is 10.2. The summed E-state index contributed by atoms with van der Waals surface area (Å²) in [7, 11) is 0. The average molecular weight is 375 g/mol. The molecule has 1 N–H and O–H groups in total. The Morgan fingerprint density at radius 2 is 2.04 bits per heavy atom. The molecule has 9 heteroatoms. The van der Waals surface area contributed by atoms with Crippen LogP contribution in [0.25, 0.3) is 0 Å². The smallest absolute Gasteiger partial charge is 0.292 e. The van der Waals surface area contributed by atoms with Crippen molar-refractivity contribution in [1.29, 1.82) is 0 Å². The zero-order valence-corrected chi connectivity index (χ0v) is 14.8. The minimum atomic E-state index is -0.572. The fraction of sp³-hybridized carbons (Fsp3) is 0.176. The van der Waals surface area contributed by atoms with E-state index in [0.29, 0.717) is 23.0 Å². The molecule has 3 rings (SSSR count). The summed E-state index contributed by atoms with van der Waals surface area (Å²) in [4.78, 5) is 22.8. The Morgan fingerprint density at radius 3 is 2.69 bits per heavy atom. The van der Waals surface area contributed by atoms with Crippen molar-refractivity contribution in [3.8, 4) is 0 Å². The molecule has 0 fully saturated rings. The summed E-state index contributed by atoms with van der Waals surface area (Å²) in [6.45, 7) is 3.96. The maximum absolute atomic E-state index is 12.3. The Kier molecular flexibility index (Phi) is 4.77. The highest BCUT2D eigenvalue weighted by atomic mass is 35.5. The zero-order chi connectivity index (χ0) is 18.8. The fourth-order valence-corrected chi connectivity index (χ4v) is 2.62. The van der Waals surface area contributed by atoms with E-state index < -0.39 is 10.8 Å². The quantitative estimate of drug-likeness (QED) is 0.537. The highest BCUT2D eigenvalue weighted by molar-refractivity contribution is 6.31. The highest BCUT2D eigenvalue weighted by Gasteiger charge is 2.18. The van der Waals surface area contributed by atoms with Crippen LogP contribution in [0.4, 0.5) is 11.4 Å². The van der Waals surface area contributed by atoms with Crippen LogP contribution in [0.15, 0.2) is 40.8 Å². The number of rotatable bonds is 5. The molecule has 0 bridgehead atoms. The van der Waals surface area contributed by atoms with Gasteiger partial charge < -0.3 is 9.73 Å². The molecule has 0 aliphatic carbocycles. The van der Waals surface area contributed by atoms with Crippen molar-refractivity contribution in [3.05, 3.63) is 74.4 Å². The van der Waals surface area contributed by atoms with Crippen LogP contribution in [0.3, 0.4) is 0 Å². The van der Waals surface area contributed by atoms with Crippen LogP contribution in [-0.4, -0.2) is 20.6 Å². The molecule has 134 valence electrons. The van der Waals surface area contributed by atoms with Gasteiger partial charge in [-0.2, -0.15) is 5.10 Å². The number of anilines is 1. The van der Waals surface area contributed by atoms with E-state index in [0.717, 1.165) is 5.69 Å². The molecule has 1 aromatic carbocycles. The van der Waals surface area contributed by atoms with E-state index in [1.54, 1.807) is 23.7 Å². The van der Waals surface area contributed by atoms with Crippen LogP contribution in [0.1, 0.15) is 27.7 Å². The highest BCUT2D eigenvalue weighted by Crippen LogP contribution is 2.24. The van der Waals surface area contributed by atoms with Crippen LogP contribution >= 0.6 is 11.6 Å². The van der Waals surface area contributed by atoms with Gasteiger partial charge >= 0.3 is 0 Å². The Labute approximate surface area is 153 Å². The minimum Gasteiger partial charge on any atom is -0.454 e. The maximum Gasteiger partial charge on any atom is 0.292 e. The van der Waals surface area contributed by atoms with Gasteiger partial charge in [-0.15, -0.1) is 0 Å². The second-order valence-corrected chi connectivity index (χ2v) is 6.01. The van der Waals surface area contributed by atoms with E-state index in [-0.39, 0.29) is 17.1 Å². The van der Waals surface area contributed by atoms with Gasteiger partial charge in [0, 0.05) is 6.07 Å². The average Bonchev–Trinajstić information content (AvgIpc) is 3.17. The van der Waals surface area contributed by atoms with Crippen molar-refractivity contribution >= 4 is 28.9 Å². The Hall–Kier alpha value is -3.13. The predicted octanol–water partition coefficient (Wildman–Crippen LogP) is 3.96.